The molecule has 0 spiro atoms. The number of nitrogens with one attached hydrogen (secondary N) is 1. The van der Waals surface area contributed by atoms with Crippen LogP contribution < -0.4 is 5.32 Å². The van der Waals surface area contributed by atoms with Crippen LogP contribution >= 0.6 is 11.6 Å². The molecule has 2 aromatic rings. The summed E-state index contributed by atoms with van der Waals surface area (Å²) in [5, 5.41) is 8.02. The third-order valence-electron chi connectivity index (χ3n) is 2.29. The van der Waals surface area contributed by atoms with Crippen LogP contribution in [0.25, 0.3) is 0 Å². The van der Waals surface area contributed by atoms with Gasteiger partial charge in [-0.3, -0.25) is 4.68 Å². The molecule has 0 atom stereocenters. The van der Waals surface area contributed by atoms with E-state index in [-0.39, 0.29) is 0 Å². The van der Waals surface area contributed by atoms with Gasteiger partial charge in [0.2, 0.25) is 0 Å². The van der Waals surface area contributed by atoms with Crippen LogP contribution in [0, 0.1) is 6.92 Å². The van der Waals surface area contributed by atoms with E-state index in [1.54, 1.807) is 17.1 Å². The van der Waals surface area contributed by atoms with Crippen molar-refractivity contribution < 1.29 is 4.42 Å². The summed E-state index contributed by atoms with van der Waals surface area (Å²) >= 11 is 5.93. The summed E-state index contributed by atoms with van der Waals surface area (Å²) in [7, 11) is 1.91. The Hall–Kier alpha value is -1.26. The van der Waals surface area contributed by atoms with Gasteiger partial charge in [-0.25, -0.2) is 0 Å². The molecule has 0 aliphatic heterocycles. The molecule has 5 heteroatoms. The second-order valence-corrected chi connectivity index (χ2v) is 4.12. The van der Waals surface area contributed by atoms with E-state index in [2.05, 4.69) is 10.4 Å². The molecule has 0 radical (unpaired) electrons. The molecule has 0 fully saturated rings. The van der Waals surface area contributed by atoms with Crippen molar-refractivity contribution in [2.45, 2.75) is 20.0 Å². The van der Waals surface area contributed by atoms with E-state index in [1.807, 2.05) is 20.0 Å². The van der Waals surface area contributed by atoms with Crippen molar-refractivity contribution in [3.63, 3.8) is 0 Å². The molecule has 0 aliphatic rings. The van der Waals surface area contributed by atoms with Gasteiger partial charge in [0.1, 0.15) is 5.76 Å². The highest BCUT2D eigenvalue weighted by atomic mass is 35.5. The Kier molecular flexibility index (Phi) is 3.31. The maximum Gasteiger partial charge on any atom is 0.125 e. The number of aromatic nitrogens is 2. The fourth-order valence-electron chi connectivity index (χ4n) is 1.54. The first-order valence-corrected chi connectivity index (χ1v) is 5.47. The third-order valence-corrected chi connectivity index (χ3v) is 2.66. The standard InChI is InChI=1S/C11H14ClN3O/c1-8-11(12)6-15(14-8)5-10-3-9(4-13-2)7-16-10/h3,6-7,13H,4-5H2,1-2H3. The number of hydrogen-bond donors (Lipinski definition) is 1. The van der Waals surface area contributed by atoms with Crippen LogP contribution in [0.3, 0.4) is 0 Å². The van der Waals surface area contributed by atoms with E-state index >= 15 is 0 Å². The summed E-state index contributed by atoms with van der Waals surface area (Å²) in [5.41, 5.74) is 1.97. The zero-order chi connectivity index (χ0) is 11.5. The molecule has 0 saturated heterocycles. The molecule has 0 amide bonds. The molecule has 0 unspecified atom stereocenters. The van der Waals surface area contributed by atoms with Gasteiger partial charge in [0.05, 0.1) is 23.5 Å². The van der Waals surface area contributed by atoms with Gasteiger partial charge in [-0.2, -0.15) is 5.10 Å². The van der Waals surface area contributed by atoms with Gasteiger partial charge in [0, 0.05) is 18.3 Å². The van der Waals surface area contributed by atoms with Crippen LogP contribution in [0.4, 0.5) is 0 Å². The number of hydrogen-bond acceptors (Lipinski definition) is 3. The van der Waals surface area contributed by atoms with E-state index in [0.29, 0.717) is 11.6 Å². The molecule has 1 N–H and O–H groups in total. The lowest BCUT2D eigenvalue weighted by molar-refractivity contribution is 0.477. The monoisotopic (exact) mass is 239 g/mol. The topological polar surface area (TPSA) is 43.0 Å². The van der Waals surface area contributed by atoms with Crippen molar-refractivity contribution in [2.75, 3.05) is 7.05 Å². The first-order valence-electron chi connectivity index (χ1n) is 5.09. The Morgan fingerprint density at radius 3 is 3.00 bits per heavy atom. The highest BCUT2D eigenvalue weighted by molar-refractivity contribution is 6.31. The predicted octanol–water partition coefficient (Wildman–Crippen LogP) is 2.21. The van der Waals surface area contributed by atoms with Crippen molar-refractivity contribution in [2.24, 2.45) is 0 Å². The van der Waals surface area contributed by atoms with E-state index in [1.165, 1.54) is 0 Å². The van der Waals surface area contributed by atoms with Gasteiger partial charge in [0.15, 0.2) is 0 Å². The third kappa shape index (κ3) is 2.46. The number of rotatable bonds is 4. The molecule has 2 aromatic heterocycles. The Bertz CT molecular complexity index is 456. The second kappa shape index (κ2) is 4.72. The molecule has 2 heterocycles. The molecule has 0 aromatic carbocycles. The zero-order valence-corrected chi connectivity index (χ0v) is 10.1. The largest absolute Gasteiger partial charge is 0.467 e. The quantitative estimate of drug-likeness (QED) is 0.890. The number of furan rings is 1. The maximum atomic E-state index is 5.93. The highest BCUT2D eigenvalue weighted by Crippen LogP contribution is 2.14. The van der Waals surface area contributed by atoms with Crippen molar-refractivity contribution in [3.05, 3.63) is 40.6 Å². The van der Waals surface area contributed by atoms with Crippen LogP contribution in [0.2, 0.25) is 5.02 Å². The Morgan fingerprint density at radius 2 is 2.38 bits per heavy atom. The van der Waals surface area contributed by atoms with Gasteiger partial charge in [-0.1, -0.05) is 11.6 Å². The van der Waals surface area contributed by atoms with E-state index < -0.39 is 0 Å². The fraction of sp³-hybridized carbons (Fsp3) is 0.364. The van der Waals surface area contributed by atoms with Crippen LogP contribution in [-0.4, -0.2) is 16.8 Å². The smallest absolute Gasteiger partial charge is 0.125 e. The summed E-state index contributed by atoms with van der Waals surface area (Å²) < 4.78 is 7.20. The molecule has 16 heavy (non-hydrogen) atoms. The molecule has 0 aliphatic carbocycles. The summed E-state index contributed by atoms with van der Waals surface area (Å²) in [5.74, 6) is 0.879. The van der Waals surface area contributed by atoms with Crippen molar-refractivity contribution in [3.8, 4) is 0 Å². The maximum absolute atomic E-state index is 5.93. The normalized spacial score (nSPS) is 10.9. The lowest BCUT2D eigenvalue weighted by atomic mass is 10.3. The van der Waals surface area contributed by atoms with Gasteiger partial charge in [-0.15, -0.1) is 0 Å². The molecule has 0 bridgehead atoms. The molecular formula is C11H14ClN3O. The average molecular weight is 240 g/mol. The van der Waals surface area contributed by atoms with Gasteiger partial charge < -0.3 is 9.73 Å². The summed E-state index contributed by atoms with van der Waals surface area (Å²) in [6.07, 6.45) is 3.56. The van der Waals surface area contributed by atoms with Crippen molar-refractivity contribution in [1.82, 2.24) is 15.1 Å². The first-order chi connectivity index (χ1) is 7.69. The Morgan fingerprint density at radius 1 is 1.56 bits per heavy atom. The summed E-state index contributed by atoms with van der Waals surface area (Å²) in [4.78, 5) is 0. The first kappa shape index (κ1) is 11.2. The molecule has 0 saturated carbocycles. The molecule has 86 valence electrons. The van der Waals surface area contributed by atoms with Crippen LogP contribution in [-0.2, 0) is 13.1 Å². The van der Waals surface area contributed by atoms with E-state index in [9.17, 15) is 0 Å². The van der Waals surface area contributed by atoms with Crippen molar-refractivity contribution >= 4 is 11.6 Å². The second-order valence-electron chi connectivity index (χ2n) is 3.71. The van der Waals surface area contributed by atoms with E-state index in [4.69, 9.17) is 16.0 Å². The Balaban J connectivity index is 2.08. The van der Waals surface area contributed by atoms with E-state index in [0.717, 1.165) is 23.6 Å². The predicted molar refractivity (Wildman–Crippen MR) is 62.5 cm³/mol. The average Bonchev–Trinajstić information content (AvgIpc) is 2.77. The minimum absolute atomic E-state index is 0.608. The number of nitrogens with zero attached hydrogens (tertiary/aromatic N) is 2. The fourth-order valence-corrected chi connectivity index (χ4v) is 1.69. The van der Waals surface area contributed by atoms with Gasteiger partial charge >= 0.3 is 0 Å². The molecule has 2 rings (SSSR count). The molecular weight excluding hydrogens is 226 g/mol. The molecule has 4 nitrogen and oxygen atoms in total. The summed E-state index contributed by atoms with van der Waals surface area (Å²) in [6, 6.07) is 2.02. The number of halogens is 1. The summed E-state index contributed by atoms with van der Waals surface area (Å²) in [6.45, 7) is 3.30. The van der Waals surface area contributed by atoms with Gasteiger partial charge in [0.25, 0.3) is 0 Å². The lowest BCUT2D eigenvalue weighted by Gasteiger charge is -1.96. The SMILES string of the molecule is CNCc1coc(Cn2cc(Cl)c(C)n2)c1. The van der Waals surface area contributed by atoms with Gasteiger partial charge in [-0.05, 0) is 20.0 Å². The lowest BCUT2D eigenvalue weighted by Crippen LogP contribution is -2.03. The van der Waals surface area contributed by atoms with Crippen LogP contribution in [0.1, 0.15) is 17.0 Å². The zero-order valence-electron chi connectivity index (χ0n) is 9.33. The van der Waals surface area contributed by atoms with Crippen LogP contribution in [0.5, 0.6) is 0 Å². The van der Waals surface area contributed by atoms with Crippen LogP contribution in [0.15, 0.2) is 22.9 Å². The van der Waals surface area contributed by atoms with Crippen molar-refractivity contribution in [1.29, 1.82) is 0 Å². The highest BCUT2D eigenvalue weighted by Gasteiger charge is 2.05. The Labute approximate surface area is 99.2 Å². The number of aryl methyl sites for hydroxylation is 1. The minimum Gasteiger partial charge on any atom is -0.467 e. The minimum atomic E-state index is 0.608.